The number of ether oxygens (including phenoxy) is 3. The van der Waals surface area contributed by atoms with Crippen LogP contribution in [0.25, 0.3) is 6.08 Å². The van der Waals surface area contributed by atoms with Gasteiger partial charge in [-0.2, -0.15) is 0 Å². The lowest BCUT2D eigenvalue weighted by Crippen LogP contribution is -2.30. The average Bonchev–Trinajstić information content (AvgIpc) is 3.22. The van der Waals surface area contributed by atoms with Crippen molar-refractivity contribution in [1.29, 1.82) is 0 Å². The lowest BCUT2D eigenvalue weighted by atomic mass is 10.1. The Morgan fingerprint density at radius 2 is 1.67 bits per heavy atom. The van der Waals surface area contributed by atoms with E-state index in [0.717, 1.165) is 0 Å². The van der Waals surface area contributed by atoms with Crippen LogP contribution >= 0.6 is 11.8 Å². The Kier molecular flexibility index (Phi) is 7.60. The van der Waals surface area contributed by atoms with Gasteiger partial charge in [0.05, 0.1) is 32.8 Å². The number of benzene rings is 3. The number of Topliss-reactive ketones (excluding diaryl/α,β-unsaturated/α-hetero) is 1. The van der Waals surface area contributed by atoms with E-state index in [1.165, 1.54) is 44.1 Å². The summed E-state index contributed by atoms with van der Waals surface area (Å²) < 4.78 is 15.7. The number of aliphatic imine (C=N–C) groups is 1. The molecule has 0 aromatic heterocycles. The van der Waals surface area contributed by atoms with Crippen molar-refractivity contribution in [1.82, 2.24) is 0 Å². The molecule has 0 aliphatic carbocycles. The number of rotatable bonds is 8. The van der Waals surface area contributed by atoms with Gasteiger partial charge in [-0.25, -0.2) is 4.99 Å². The Labute approximate surface area is 212 Å². The molecule has 0 spiro atoms. The zero-order valence-electron chi connectivity index (χ0n) is 19.9. The quantitative estimate of drug-likeness (QED) is 0.348. The van der Waals surface area contributed by atoms with Crippen LogP contribution in [0.15, 0.2) is 77.4 Å². The molecule has 1 aliphatic heterocycles. The van der Waals surface area contributed by atoms with E-state index in [-0.39, 0.29) is 34.6 Å². The molecule has 1 aliphatic rings. The summed E-state index contributed by atoms with van der Waals surface area (Å²) in [4.78, 5) is 32.3. The van der Waals surface area contributed by atoms with Crippen molar-refractivity contribution in [2.24, 2.45) is 4.99 Å². The summed E-state index contributed by atoms with van der Waals surface area (Å²) >= 11 is 1.17. The maximum atomic E-state index is 13.3. The molecule has 0 unspecified atom stereocenters. The summed E-state index contributed by atoms with van der Waals surface area (Å²) in [5.74, 6) is 0.862. The Morgan fingerprint density at radius 3 is 2.36 bits per heavy atom. The van der Waals surface area contributed by atoms with Gasteiger partial charge in [-0.1, -0.05) is 36.0 Å². The largest absolute Gasteiger partial charge is 0.504 e. The first-order valence-electron chi connectivity index (χ1n) is 10.9. The molecule has 0 saturated carbocycles. The number of hydrogen-bond donors (Lipinski definition) is 1. The lowest BCUT2D eigenvalue weighted by Gasteiger charge is -2.17. The van der Waals surface area contributed by atoms with Crippen LogP contribution in [0.1, 0.15) is 15.9 Å². The van der Waals surface area contributed by atoms with Crippen LogP contribution in [0.4, 0.5) is 5.69 Å². The third-order valence-electron chi connectivity index (χ3n) is 5.39. The molecule has 0 saturated heterocycles. The van der Waals surface area contributed by atoms with E-state index in [2.05, 4.69) is 4.99 Å². The minimum atomic E-state index is -0.325. The zero-order valence-corrected chi connectivity index (χ0v) is 20.7. The summed E-state index contributed by atoms with van der Waals surface area (Å²) in [6.07, 6.45) is 1.62. The summed E-state index contributed by atoms with van der Waals surface area (Å²) in [5, 5.41) is 10.2. The minimum Gasteiger partial charge on any atom is -0.504 e. The number of amides is 1. The molecule has 3 aromatic rings. The number of phenols is 1. The van der Waals surface area contributed by atoms with Crippen LogP contribution < -0.4 is 19.1 Å². The molecule has 1 N–H and O–H groups in total. The number of phenolic OH excluding ortho intramolecular Hbond substituents is 1. The van der Waals surface area contributed by atoms with Crippen LogP contribution in [-0.4, -0.2) is 49.0 Å². The number of carbonyl (C=O) groups is 2. The zero-order chi connectivity index (χ0) is 25.7. The number of methoxy groups -OCH3 is 3. The molecule has 36 heavy (non-hydrogen) atoms. The van der Waals surface area contributed by atoms with E-state index < -0.39 is 0 Å². The molecular formula is C27H24N2O6S. The van der Waals surface area contributed by atoms with Crippen LogP contribution in [0.2, 0.25) is 0 Å². The van der Waals surface area contributed by atoms with E-state index in [1.54, 1.807) is 48.5 Å². The predicted octanol–water partition coefficient (Wildman–Crippen LogP) is 4.78. The first kappa shape index (κ1) is 24.9. The second-order valence-electron chi connectivity index (χ2n) is 7.61. The van der Waals surface area contributed by atoms with E-state index in [0.29, 0.717) is 33.5 Å². The van der Waals surface area contributed by atoms with Crippen molar-refractivity contribution in [2.45, 2.75) is 0 Å². The van der Waals surface area contributed by atoms with Gasteiger partial charge in [-0.3, -0.25) is 14.5 Å². The number of para-hydroxylation sites is 1. The molecule has 1 amide bonds. The molecule has 0 fully saturated rings. The fourth-order valence-corrected chi connectivity index (χ4v) is 4.47. The number of thioether (sulfide) groups is 1. The Bertz CT molecular complexity index is 1350. The van der Waals surface area contributed by atoms with Crippen LogP contribution in [0.5, 0.6) is 23.0 Å². The third kappa shape index (κ3) is 5.21. The van der Waals surface area contributed by atoms with Gasteiger partial charge in [-0.15, -0.1) is 0 Å². The number of ketones is 1. The second-order valence-corrected chi connectivity index (χ2v) is 8.56. The minimum absolute atomic E-state index is 0.00303. The average molecular weight is 505 g/mol. The van der Waals surface area contributed by atoms with Crippen LogP contribution in [-0.2, 0) is 4.79 Å². The van der Waals surface area contributed by atoms with Crippen LogP contribution in [0, 0.1) is 0 Å². The number of carbonyl (C=O) groups excluding carboxylic acids is 2. The van der Waals surface area contributed by atoms with Crippen molar-refractivity contribution in [3.63, 3.8) is 0 Å². The molecule has 184 valence electrons. The smallest absolute Gasteiger partial charge is 0.283 e. The molecule has 3 aromatic carbocycles. The molecule has 1 heterocycles. The summed E-state index contributed by atoms with van der Waals surface area (Å²) in [5.41, 5.74) is 1.94. The Balaban J connectivity index is 1.62. The molecule has 0 atom stereocenters. The Morgan fingerprint density at radius 1 is 0.944 bits per heavy atom. The molecule has 8 nitrogen and oxygen atoms in total. The fraction of sp³-hybridized carbons (Fsp3) is 0.148. The number of nitrogens with zero attached hydrogens (tertiary/aromatic N) is 2. The fourth-order valence-electron chi connectivity index (χ4n) is 3.56. The van der Waals surface area contributed by atoms with Crippen molar-refractivity contribution in [3.05, 3.63) is 83.6 Å². The topological polar surface area (TPSA) is 97.7 Å². The highest BCUT2D eigenvalue weighted by Crippen LogP contribution is 2.32. The monoisotopic (exact) mass is 504 g/mol. The highest BCUT2D eigenvalue weighted by molar-refractivity contribution is 8.14. The number of aromatic hydroxyl groups is 1. The van der Waals surface area contributed by atoms with Crippen molar-refractivity contribution in [3.8, 4) is 23.0 Å². The van der Waals surface area contributed by atoms with Gasteiger partial charge in [0.25, 0.3) is 5.91 Å². The van der Waals surface area contributed by atoms with Crippen molar-refractivity contribution in [2.75, 3.05) is 32.0 Å². The van der Waals surface area contributed by atoms with Crippen LogP contribution in [0.3, 0.4) is 0 Å². The maximum Gasteiger partial charge on any atom is 0.283 e. The van der Waals surface area contributed by atoms with Gasteiger partial charge in [0.1, 0.15) is 5.70 Å². The van der Waals surface area contributed by atoms with Gasteiger partial charge in [0, 0.05) is 5.56 Å². The highest BCUT2D eigenvalue weighted by Gasteiger charge is 2.32. The normalized spacial score (nSPS) is 14.1. The number of anilines is 1. The van der Waals surface area contributed by atoms with Gasteiger partial charge in [0.15, 0.2) is 33.9 Å². The Hall–Kier alpha value is -4.24. The van der Waals surface area contributed by atoms with Gasteiger partial charge < -0.3 is 19.3 Å². The van der Waals surface area contributed by atoms with Crippen molar-refractivity contribution >= 4 is 40.4 Å². The molecule has 0 bridgehead atoms. The predicted molar refractivity (Wildman–Crippen MR) is 140 cm³/mol. The lowest BCUT2D eigenvalue weighted by molar-refractivity contribution is -0.113. The third-order valence-corrected chi connectivity index (χ3v) is 6.33. The van der Waals surface area contributed by atoms with E-state index >= 15 is 0 Å². The molecule has 0 radical (unpaired) electrons. The van der Waals surface area contributed by atoms with Gasteiger partial charge in [-0.05, 0) is 54.1 Å². The summed E-state index contributed by atoms with van der Waals surface area (Å²) in [6.45, 7) is 0. The standard InChI is InChI=1S/C27H24N2O6S/c1-33-23-12-10-18(15-25(23)35-3)22(31)16-36-27-28-20(13-17-9-11-21(30)24(14-17)34-2)26(32)29(27)19-7-5-4-6-8-19/h4-15,30H,16H2,1-3H3/b20-13+. The first-order chi connectivity index (χ1) is 17.4. The van der Waals surface area contributed by atoms with Gasteiger partial charge >= 0.3 is 0 Å². The van der Waals surface area contributed by atoms with Crippen molar-refractivity contribution < 1.29 is 28.9 Å². The summed E-state index contributed by atoms with van der Waals surface area (Å²) in [7, 11) is 4.49. The number of hydrogen-bond acceptors (Lipinski definition) is 8. The first-order valence-corrected chi connectivity index (χ1v) is 11.9. The second kappa shape index (κ2) is 11.0. The van der Waals surface area contributed by atoms with Gasteiger partial charge in [0.2, 0.25) is 0 Å². The summed E-state index contributed by atoms with van der Waals surface area (Å²) in [6, 6.07) is 18.8. The van der Waals surface area contributed by atoms with E-state index in [9.17, 15) is 14.7 Å². The molecular weight excluding hydrogens is 480 g/mol. The van der Waals surface area contributed by atoms with E-state index in [1.807, 2.05) is 18.2 Å². The maximum absolute atomic E-state index is 13.3. The number of amidine groups is 1. The SMILES string of the molecule is COc1cc(/C=C2/N=C(SCC(=O)c3ccc(OC)c(OC)c3)N(c3ccccc3)C2=O)ccc1O. The highest BCUT2D eigenvalue weighted by atomic mass is 32.2. The molecule has 4 rings (SSSR count). The van der Waals surface area contributed by atoms with E-state index in [4.69, 9.17) is 14.2 Å². The molecule has 9 heteroatoms.